The van der Waals surface area contributed by atoms with Gasteiger partial charge in [0.15, 0.2) is 18.1 Å². The molecule has 0 unspecified atom stereocenters. The second-order valence-electron chi connectivity index (χ2n) is 6.33. The third kappa shape index (κ3) is 5.63. The zero-order valence-corrected chi connectivity index (χ0v) is 16.4. The lowest BCUT2D eigenvalue weighted by molar-refractivity contribution is -0.148. The molecule has 0 radical (unpaired) electrons. The van der Waals surface area contributed by atoms with Crippen LogP contribution in [0.5, 0.6) is 17.2 Å². The average molecular weight is 414 g/mol. The maximum absolute atomic E-state index is 12.1. The fourth-order valence-electron chi connectivity index (χ4n) is 2.73. The van der Waals surface area contributed by atoms with E-state index in [-0.39, 0.29) is 32.2 Å². The van der Waals surface area contributed by atoms with Crippen LogP contribution in [0.25, 0.3) is 0 Å². The molecule has 0 aliphatic carbocycles. The third-order valence-electron chi connectivity index (χ3n) is 4.26. The minimum Gasteiger partial charge on any atom is -0.496 e. The lowest BCUT2D eigenvalue weighted by Crippen LogP contribution is -2.30. The van der Waals surface area contributed by atoms with E-state index in [1.54, 1.807) is 36.4 Å². The first-order chi connectivity index (χ1) is 14.6. The van der Waals surface area contributed by atoms with Gasteiger partial charge in [-0.05, 0) is 29.8 Å². The van der Waals surface area contributed by atoms with E-state index < -0.39 is 18.5 Å². The molecule has 0 saturated heterocycles. The van der Waals surface area contributed by atoms with Gasteiger partial charge in [-0.1, -0.05) is 18.2 Å². The van der Waals surface area contributed by atoms with E-state index in [9.17, 15) is 14.4 Å². The highest BCUT2D eigenvalue weighted by molar-refractivity contribution is 5.97. The van der Waals surface area contributed by atoms with Gasteiger partial charge < -0.3 is 29.6 Å². The van der Waals surface area contributed by atoms with Gasteiger partial charge in [0.1, 0.15) is 5.75 Å². The summed E-state index contributed by atoms with van der Waals surface area (Å²) in [6, 6.07) is 12.1. The third-order valence-corrected chi connectivity index (χ3v) is 4.26. The number of fused-ring (bicyclic) bond motifs is 1. The van der Waals surface area contributed by atoms with Gasteiger partial charge >= 0.3 is 5.97 Å². The van der Waals surface area contributed by atoms with Gasteiger partial charge in [-0.25, -0.2) is 0 Å². The van der Waals surface area contributed by atoms with E-state index in [0.29, 0.717) is 22.8 Å². The molecule has 0 spiro atoms. The van der Waals surface area contributed by atoms with Gasteiger partial charge in [0.05, 0.1) is 19.1 Å². The van der Waals surface area contributed by atoms with Crippen LogP contribution in [-0.2, 0) is 20.9 Å². The molecule has 9 nitrogen and oxygen atoms in total. The van der Waals surface area contributed by atoms with E-state index in [4.69, 9.17) is 18.9 Å². The Hall–Kier alpha value is -3.75. The van der Waals surface area contributed by atoms with Crippen LogP contribution in [-0.4, -0.2) is 44.8 Å². The van der Waals surface area contributed by atoms with Crippen molar-refractivity contribution in [3.05, 3.63) is 53.6 Å². The molecule has 2 N–H and O–H groups in total. The first-order valence-corrected chi connectivity index (χ1v) is 9.29. The second-order valence-corrected chi connectivity index (χ2v) is 6.33. The van der Waals surface area contributed by atoms with Crippen LogP contribution < -0.4 is 24.8 Å². The molecule has 1 aliphatic heterocycles. The first-order valence-electron chi connectivity index (χ1n) is 9.29. The molecule has 2 aromatic carbocycles. The molecule has 2 aromatic rings. The quantitative estimate of drug-likeness (QED) is 0.597. The minimum absolute atomic E-state index is 0.0592. The summed E-state index contributed by atoms with van der Waals surface area (Å²) in [5.74, 6) is 0.353. The van der Waals surface area contributed by atoms with Gasteiger partial charge in [0.25, 0.3) is 11.8 Å². The predicted octanol–water partition coefficient (Wildman–Crippen LogP) is 1.40. The van der Waals surface area contributed by atoms with Crippen LogP contribution in [0.3, 0.4) is 0 Å². The van der Waals surface area contributed by atoms with Crippen molar-refractivity contribution in [3.63, 3.8) is 0 Å². The largest absolute Gasteiger partial charge is 0.496 e. The van der Waals surface area contributed by atoms with Gasteiger partial charge in [0, 0.05) is 13.1 Å². The van der Waals surface area contributed by atoms with Crippen LogP contribution in [0.4, 0.5) is 0 Å². The highest BCUT2D eigenvalue weighted by Gasteiger charge is 2.14. The Morgan fingerprint density at radius 1 is 1.03 bits per heavy atom. The zero-order chi connectivity index (χ0) is 21.3. The van der Waals surface area contributed by atoms with E-state index in [0.717, 1.165) is 5.56 Å². The van der Waals surface area contributed by atoms with Crippen molar-refractivity contribution in [2.75, 3.05) is 27.1 Å². The summed E-state index contributed by atoms with van der Waals surface area (Å²) in [4.78, 5) is 35.8. The lowest BCUT2D eigenvalue weighted by atomic mass is 10.2. The molecule has 1 heterocycles. The number of ether oxygens (including phenoxy) is 4. The Bertz CT molecular complexity index is 929. The van der Waals surface area contributed by atoms with Crippen LogP contribution in [0.1, 0.15) is 22.3 Å². The highest BCUT2D eigenvalue weighted by Crippen LogP contribution is 2.32. The molecule has 9 heteroatoms. The summed E-state index contributed by atoms with van der Waals surface area (Å²) < 4.78 is 20.6. The van der Waals surface area contributed by atoms with E-state index in [1.165, 1.54) is 7.11 Å². The number of amides is 2. The molecule has 30 heavy (non-hydrogen) atoms. The van der Waals surface area contributed by atoms with Crippen molar-refractivity contribution in [2.24, 2.45) is 0 Å². The first kappa shape index (κ1) is 21.0. The monoisotopic (exact) mass is 414 g/mol. The van der Waals surface area contributed by atoms with Crippen molar-refractivity contribution < 1.29 is 33.3 Å². The molecule has 0 fully saturated rings. The van der Waals surface area contributed by atoms with Crippen LogP contribution in [0.15, 0.2) is 42.5 Å². The second kappa shape index (κ2) is 10.1. The summed E-state index contributed by atoms with van der Waals surface area (Å²) in [7, 11) is 1.47. The fraction of sp³-hybridized carbons (Fsp3) is 0.286. The number of carbonyl (C=O) groups is 3. The molecular weight excluding hydrogens is 392 g/mol. The molecule has 0 atom stereocenters. The van der Waals surface area contributed by atoms with Gasteiger partial charge in [-0.2, -0.15) is 0 Å². The standard InChI is InChI=1S/C21H22N2O7/c1-27-16-5-3-2-4-15(16)21(26)22-9-8-20(25)28-12-19(24)23-11-14-6-7-17-18(10-14)30-13-29-17/h2-7,10H,8-9,11-13H2,1H3,(H,22,26)(H,23,24). The normalized spacial score (nSPS) is 11.5. The SMILES string of the molecule is COc1ccccc1C(=O)NCCC(=O)OCC(=O)NCc1ccc2c(c1)OCO2. The molecule has 0 saturated carbocycles. The summed E-state index contributed by atoms with van der Waals surface area (Å²) in [6.07, 6.45) is -0.0592. The minimum atomic E-state index is -0.589. The molecule has 0 bridgehead atoms. The van der Waals surface area contributed by atoms with Crippen LogP contribution in [0, 0.1) is 0 Å². The molecule has 3 rings (SSSR count). The number of esters is 1. The summed E-state index contributed by atoms with van der Waals surface area (Å²) >= 11 is 0. The van der Waals surface area contributed by atoms with Crippen LogP contribution in [0.2, 0.25) is 0 Å². The van der Waals surface area contributed by atoms with Gasteiger partial charge in [-0.3, -0.25) is 14.4 Å². The van der Waals surface area contributed by atoms with Crippen molar-refractivity contribution >= 4 is 17.8 Å². The maximum Gasteiger partial charge on any atom is 0.308 e. The molecule has 1 aliphatic rings. The Morgan fingerprint density at radius 3 is 2.67 bits per heavy atom. The van der Waals surface area contributed by atoms with E-state index >= 15 is 0 Å². The van der Waals surface area contributed by atoms with Crippen LogP contribution >= 0.6 is 0 Å². The van der Waals surface area contributed by atoms with Crippen molar-refractivity contribution in [2.45, 2.75) is 13.0 Å². The highest BCUT2D eigenvalue weighted by atomic mass is 16.7. The molecule has 2 amide bonds. The fourth-order valence-corrected chi connectivity index (χ4v) is 2.73. The zero-order valence-electron chi connectivity index (χ0n) is 16.4. The number of benzene rings is 2. The van der Waals surface area contributed by atoms with Crippen molar-refractivity contribution in [3.8, 4) is 17.2 Å². The predicted molar refractivity (Wildman–Crippen MR) is 105 cm³/mol. The Labute approximate surface area is 173 Å². The Balaban J connectivity index is 1.33. The van der Waals surface area contributed by atoms with E-state index in [1.807, 2.05) is 6.07 Å². The number of rotatable bonds is 9. The number of carbonyl (C=O) groups excluding carboxylic acids is 3. The van der Waals surface area contributed by atoms with Gasteiger partial charge in [-0.15, -0.1) is 0 Å². The molecular formula is C21H22N2O7. The van der Waals surface area contributed by atoms with Crippen molar-refractivity contribution in [1.29, 1.82) is 0 Å². The molecule has 0 aromatic heterocycles. The number of para-hydroxylation sites is 1. The number of nitrogens with one attached hydrogen (secondary N) is 2. The van der Waals surface area contributed by atoms with Crippen molar-refractivity contribution in [1.82, 2.24) is 10.6 Å². The number of hydrogen-bond donors (Lipinski definition) is 2. The summed E-state index contributed by atoms with van der Waals surface area (Å²) in [5, 5.41) is 5.27. The summed E-state index contributed by atoms with van der Waals surface area (Å²) in [5.41, 5.74) is 1.20. The Morgan fingerprint density at radius 2 is 1.83 bits per heavy atom. The maximum atomic E-state index is 12.1. The lowest BCUT2D eigenvalue weighted by Gasteiger charge is -2.09. The van der Waals surface area contributed by atoms with Gasteiger partial charge in [0.2, 0.25) is 6.79 Å². The topological polar surface area (TPSA) is 112 Å². The average Bonchev–Trinajstić information content (AvgIpc) is 3.24. The smallest absolute Gasteiger partial charge is 0.308 e. The number of hydrogen-bond acceptors (Lipinski definition) is 7. The summed E-state index contributed by atoms with van der Waals surface area (Å²) in [6.45, 7) is 0.126. The number of methoxy groups -OCH3 is 1. The Kier molecular flexibility index (Phi) is 7.09. The molecule has 158 valence electrons. The van der Waals surface area contributed by atoms with E-state index in [2.05, 4.69) is 10.6 Å².